The summed E-state index contributed by atoms with van der Waals surface area (Å²) in [6.45, 7) is 7.46. The number of amides is 1. The van der Waals surface area contributed by atoms with E-state index in [-0.39, 0.29) is 5.91 Å². The van der Waals surface area contributed by atoms with Crippen molar-refractivity contribution in [3.8, 4) is 0 Å². The van der Waals surface area contributed by atoms with Crippen LogP contribution in [0.1, 0.15) is 29.8 Å². The number of carbonyl (C=O) groups is 1. The van der Waals surface area contributed by atoms with Gasteiger partial charge in [0.1, 0.15) is 0 Å². The van der Waals surface area contributed by atoms with Gasteiger partial charge in [0.2, 0.25) is 5.91 Å². The van der Waals surface area contributed by atoms with E-state index < -0.39 is 0 Å². The lowest BCUT2D eigenvalue weighted by Crippen LogP contribution is -2.46. The van der Waals surface area contributed by atoms with Gasteiger partial charge in [-0.2, -0.15) is 0 Å². The molecule has 1 aromatic heterocycles. The second-order valence-corrected chi connectivity index (χ2v) is 8.81. The molecule has 0 saturated carbocycles. The highest BCUT2D eigenvalue weighted by Gasteiger charge is 2.27. The maximum absolute atomic E-state index is 12.4. The van der Waals surface area contributed by atoms with Crippen LogP contribution in [0.2, 0.25) is 0 Å². The third kappa shape index (κ3) is 4.61. The molecule has 0 spiro atoms. The maximum Gasteiger partial charge on any atom is 0.230 e. The van der Waals surface area contributed by atoms with Crippen LogP contribution < -0.4 is 4.90 Å². The van der Waals surface area contributed by atoms with Crippen molar-refractivity contribution in [3.05, 3.63) is 76.8 Å². The summed E-state index contributed by atoms with van der Waals surface area (Å²) in [5.41, 5.74) is 4.38. The smallest absolute Gasteiger partial charge is 0.230 e. The second-order valence-electron chi connectivity index (χ2n) is 7.97. The van der Waals surface area contributed by atoms with Crippen LogP contribution in [0.5, 0.6) is 0 Å². The molecule has 0 aliphatic carbocycles. The molecule has 1 aliphatic rings. The summed E-state index contributed by atoms with van der Waals surface area (Å²) in [7, 11) is 2.18. The zero-order valence-corrected chi connectivity index (χ0v) is 18.6. The molecule has 1 saturated heterocycles. The van der Waals surface area contributed by atoms with Gasteiger partial charge in [-0.15, -0.1) is 11.3 Å². The highest BCUT2D eigenvalue weighted by Crippen LogP contribution is 2.31. The van der Waals surface area contributed by atoms with Gasteiger partial charge in [-0.1, -0.05) is 48.0 Å². The number of thiazole rings is 1. The van der Waals surface area contributed by atoms with Crippen molar-refractivity contribution in [1.29, 1.82) is 0 Å². The maximum atomic E-state index is 12.4. The summed E-state index contributed by atoms with van der Waals surface area (Å²) in [5.74, 6) is -0.0264. The SMILES string of the molecule is CC(=O)N(c1ccc(C)cc1)c1nc(CN2CCN(C)C[C@@H]2c2ccccc2)cs1. The number of benzene rings is 2. The summed E-state index contributed by atoms with van der Waals surface area (Å²) >= 11 is 1.53. The van der Waals surface area contributed by atoms with Gasteiger partial charge in [-0.25, -0.2) is 4.98 Å². The van der Waals surface area contributed by atoms with E-state index in [1.165, 1.54) is 22.5 Å². The lowest BCUT2D eigenvalue weighted by Gasteiger charge is -2.40. The Morgan fingerprint density at radius 3 is 2.57 bits per heavy atom. The summed E-state index contributed by atoms with van der Waals surface area (Å²) in [4.78, 5) is 23.8. The third-order valence-corrected chi connectivity index (χ3v) is 6.46. The normalized spacial score (nSPS) is 17.8. The average Bonchev–Trinajstić information content (AvgIpc) is 3.19. The first-order valence-electron chi connectivity index (χ1n) is 10.3. The van der Waals surface area contributed by atoms with Gasteiger partial charge < -0.3 is 4.90 Å². The first kappa shape index (κ1) is 20.7. The molecule has 2 heterocycles. The van der Waals surface area contributed by atoms with Crippen LogP contribution in [0.3, 0.4) is 0 Å². The molecule has 1 amide bonds. The first-order chi connectivity index (χ1) is 14.5. The Hall–Kier alpha value is -2.54. The molecule has 6 heteroatoms. The van der Waals surface area contributed by atoms with Crippen LogP contribution in [0.25, 0.3) is 0 Å². The Morgan fingerprint density at radius 2 is 1.87 bits per heavy atom. The number of nitrogens with zero attached hydrogens (tertiary/aromatic N) is 4. The van der Waals surface area contributed by atoms with Crippen molar-refractivity contribution < 1.29 is 4.79 Å². The molecule has 0 unspecified atom stereocenters. The number of likely N-dealkylation sites (N-methyl/N-ethyl adjacent to an activating group) is 1. The van der Waals surface area contributed by atoms with Crippen molar-refractivity contribution in [3.63, 3.8) is 0 Å². The van der Waals surface area contributed by atoms with Crippen LogP contribution in [0, 0.1) is 6.92 Å². The number of hydrogen-bond acceptors (Lipinski definition) is 5. The number of anilines is 2. The Morgan fingerprint density at radius 1 is 1.13 bits per heavy atom. The zero-order chi connectivity index (χ0) is 21.1. The number of piperazine rings is 1. The molecule has 1 atom stereocenters. The topological polar surface area (TPSA) is 39.7 Å². The van der Waals surface area contributed by atoms with E-state index in [1.54, 1.807) is 11.8 Å². The van der Waals surface area contributed by atoms with Gasteiger partial charge in [-0.3, -0.25) is 14.6 Å². The largest absolute Gasteiger partial charge is 0.303 e. The molecular weight excluding hydrogens is 392 g/mol. The predicted molar refractivity (Wildman–Crippen MR) is 123 cm³/mol. The van der Waals surface area contributed by atoms with E-state index in [9.17, 15) is 4.79 Å². The second kappa shape index (κ2) is 9.08. The minimum Gasteiger partial charge on any atom is -0.303 e. The molecule has 5 nitrogen and oxygen atoms in total. The van der Waals surface area contributed by atoms with Gasteiger partial charge >= 0.3 is 0 Å². The summed E-state index contributed by atoms with van der Waals surface area (Å²) in [5, 5.41) is 2.81. The molecule has 1 fully saturated rings. The molecule has 1 aliphatic heterocycles. The van der Waals surface area contributed by atoms with E-state index in [0.29, 0.717) is 6.04 Å². The number of hydrogen-bond donors (Lipinski definition) is 0. The molecule has 2 aromatic carbocycles. The van der Waals surface area contributed by atoms with E-state index in [1.807, 2.05) is 31.2 Å². The van der Waals surface area contributed by atoms with E-state index in [4.69, 9.17) is 4.98 Å². The predicted octanol–water partition coefficient (Wildman–Crippen LogP) is 4.62. The van der Waals surface area contributed by atoms with E-state index in [2.05, 4.69) is 52.6 Å². The molecule has 30 heavy (non-hydrogen) atoms. The van der Waals surface area contributed by atoms with Crippen molar-refractivity contribution in [2.45, 2.75) is 26.4 Å². The van der Waals surface area contributed by atoms with E-state index in [0.717, 1.165) is 42.7 Å². The minimum atomic E-state index is -0.0264. The molecule has 156 valence electrons. The van der Waals surface area contributed by atoms with Gasteiger partial charge in [0, 0.05) is 44.5 Å². The van der Waals surface area contributed by atoms with E-state index >= 15 is 0 Å². The molecule has 0 bridgehead atoms. The first-order valence-corrected chi connectivity index (χ1v) is 11.2. The van der Waals surface area contributed by atoms with Crippen LogP contribution in [-0.4, -0.2) is 47.4 Å². The summed E-state index contributed by atoms with van der Waals surface area (Å²) in [6.07, 6.45) is 0. The molecular formula is C24H28N4OS. The van der Waals surface area contributed by atoms with Crippen molar-refractivity contribution >= 4 is 28.1 Å². The number of aryl methyl sites for hydroxylation is 1. The number of carbonyl (C=O) groups excluding carboxylic acids is 1. The number of rotatable bonds is 5. The Kier molecular flexibility index (Phi) is 6.27. The summed E-state index contributed by atoms with van der Waals surface area (Å²) in [6, 6.07) is 19.0. The lowest BCUT2D eigenvalue weighted by molar-refractivity contribution is -0.115. The fourth-order valence-electron chi connectivity index (χ4n) is 3.94. The van der Waals surface area contributed by atoms with Gasteiger partial charge in [0.25, 0.3) is 0 Å². The van der Waals surface area contributed by atoms with Crippen molar-refractivity contribution in [1.82, 2.24) is 14.8 Å². The standard InChI is InChI=1S/C24H28N4OS/c1-18-9-11-22(12-10-18)28(19(2)29)24-25-21(17-30-24)15-27-14-13-26(3)16-23(27)20-7-5-4-6-8-20/h4-12,17,23H,13-16H2,1-3H3/t23-/m1/s1. The van der Waals surface area contributed by atoms with Crippen LogP contribution in [0.15, 0.2) is 60.0 Å². The minimum absolute atomic E-state index is 0.0264. The average molecular weight is 421 g/mol. The lowest BCUT2D eigenvalue weighted by atomic mass is 10.0. The monoisotopic (exact) mass is 420 g/mol. The van der Waals surface area contributed by atoms with Gasteiger partial charge in [0.15, 0.2) is 5.13 Å². The van der Waals surface area contributed by atoms with Crippen LogP contribution in [-0.2, 0) is 11.3 Å². The molecule has 0 radical (unpaired) electrons. The Bertz CT molecular complexity index is 986. The fourth-order valence-corrected chi connectivity index (χ4v) is 4.82. The third-order valence-electron chi connectivity index (χ3n) is 5.58. The van der Waals surface area contributed by atoms with Crippen molar-refractivity contribution in [2.24, 2.45) is 0 Å². The van der Waals surface area contributed by atoms with Crippen molar-refractivity contribution in [2.75, 3.05) is 31.6 Å². The Balaban J connectivity index is 1.55. The van der Waals surface area contributed by atoms with Crippen LogP contribution in [0.4, 0.5) is 10.8 Å². The van der Waals surface area contributed by atoms with Crippen LogP contribution >= 0.6 is 11.3 Å². The highest BCUT2D eigenvalue weighted by atomic mass is 32.1. The summed E-state index contributed by atoms with van der Waals surface area (Å²) < 4.78 is 0. The fraction of sp³-hybridized carbons (Fsp3) is 0.333. The number of aromatic nitrogens is 1. The molecule has 0 N–H and O–H groups in total. The highest BCUT2D eigenvalue weighted by molar-refractivity contribution is 7.14. The quantitative estimate of drug-likeness (QED) is 0.604. The molecule has 3 aromatic rings. The van der Waals surface area contributed by atoms with Gasteiger partial charge in [0.05, 0.1) is 11.4 Å². The van der Waals surface area contributed by atoms with Gasteiger partial charge in [-0.05, 0) is 31.7 Å². The Labute approximate surface area is 182 Å². The molecule has 4 rings (SSSR count). The zero-order valence-electron chi connectivity index (χ0n) is 17.8.